The van der Waals surface area contributed by atoms with Gasteiger partial charge in [-0.1, -0.05) is 133 Å². The molecule has 0 unspecified atom stereocenters. The van der Waals surface area contributed by atoms with Crippen LogP contribution in [0.25, 0.3) is 104 Å². The van der Waals surface area contributed by atoms with E-state index in [1.165, 1.54) is 10.8 Å². The highest BCUT2D eigenvalue weighted by atomic mass is 15.1. The summed E-state index contributed by atoms with van der Waals surface area (Å²) in [6.07, 6.45) is 1.93. The SMILES string of the molecule is C=Nc1c(/N=C(\C)n2c3ccccc3c3cc4c(cc32)c2ccccc2n4-c2cnc3c4ccccc4c4ccccc4c3n2)c2ccccc2c2ccccc12. The van der Waals surface area contributed by atoms with Gasteiger partial charge in [-0.05, 0) is 59.5 Å². The summed E-state index contributed by atoms with van der Waals surface area (Å²) in [4.78, 5) is 20.6. The second-order valence-corrected chi connectivity index (χ2v) is 14.7. The van der Waals surface area contributed by atoms with Crippen LogP contribution in [0.2, 0.25) is 0 Å². The molecule has 9 aromatic carbocycles. The van der Waals surface area contributed by atoms with Crippen molar-refractivity contribution in [1.29, 1.82) is 0 Å². The van der Waals surface area contributed by atoms with Gasteiger partial charge in [0.15, 0.2) is 5.82 Å². The number of aliphatic imine (C=N–C) groups is 2. The maximum absolute atomic E-state index is 5.44. The third-order valence-electron chi connectivity index (χ3n) is 11.7. The predicted molar refractivity (Wildman–Crippen MR) is 241 cm³/mol. The Balaban J connectivity index is 1.15. The van der Waals surface area contributed by atoms with Crippen LogP contribution in [0.3, 0.4) is 0 Å². The molecule has 0 radical (unpaired) electrons. The van der Waals surface area contributed by atoms with Crippen LogP contribution in [0, 0.1) is 0 Å². The lowest BCUT2D eigenvalue weighted by molar-refractivity contribution is 1.08. The summed E-state index contributed by atoms with van der Waals surface area (Å²) in [5, 5.41) is 13.5. The first-order chi connectivity index (χ1) is 28.2. The van der Waals surface area contributed by atoms with Gasteiger partial charge in [0.05, 0.1) is 50.7 Å². The van der Waals surface area contributed by atoms with Crippen molar-refractivity contribution < 1.29 is 0 Å². The number of fused-ring (bicyclic) bond motifs is 15. The molecule has 0 saturated carbocycles. The zero-order chi connectivity index (χ0) is 37.8. The van der Waals surface area contributed by atoms with Gasteiger partial charge in [0.25, 0.3) is 0 Å². The lowest BCUT2D eigenvalue weighted by atomic mass is 9.98. The molecule has 12 rings (SSSR count). The summed E-state index contributed by atoms with van der Waals surface area (Å²) in [5.74, 6) is 1.62. The Morgan fingerprint density at radius 3 is 1.54 bits per heavy atom. The van der Waals surface area contributed by atoms with E-state index in [1.54, 1.807) is 0 Å². The first-order valence-corrected chi connectivity index (χ1v) is 19.2. The standard InChI is InChI=1S/C51H32N6/c1-30(54-50-39-23-9-5-17-33(39)31-15-3-7-21-37(31)48(50)52-2)56-43-25-13-11-19-35(43)41-28-46-42(27-45(41)56)36-20-12-14-26-44(36)57(46)47-29-53-49-38-22-8-4-16-32(38)34-18-6-10-24-40(34)51(49)55-47/h3-29H,2H2,1H3/b54-30+. The molecule has 3 heterocycles. The molecule has 6 nitrogen and oxygen atoms in total. The molecule has 0 amide bonds. The monoisotopic (exact) mass is 728 g/mol. The minimum absolute atomic E-state index is 0.780. The molecule has 0 spiro atoms. The van der Waals surface area contributed by atoms with E-state index in [4.69, 9.17) is 15.0 Å². The van der Waals surface area contributed by atoms with Gasteiger partial charge in [-0.15, -0.1) is 0 Å². The first-order valence-electron chi connectivity index (χ1n) is 19.2. The summed E-state index contributed by atoms with van der Waals surface area (Å²) in [6, 6.07) is 55.7. The van der Waals surface area contributed by atoms with E-state index in [1.807, 2.05) is 6.20 Å². The molecule has 3 aromatic heterocycles. The Morgan fingerprint density at radius 1 is 0.456 bits per heavy atom. The number of aromatic nitrogens is 4. The third kappa shape index (κ3) is 4.41. The number of para-hydroxylation sites is 2. The number of nitrogens with zero attached hydrogens (tertiary/aromatic N) is 6. The van der Waals surface area contributed by atoms with Gasteiger partial charge >= 0.3 is 0 Å². The molecule has 0 aliphatic carbocycles. The van der Waals surface area contributed by atoms with Crippen molar-refractivity contribution in [3.05, 3.63) is 164 Å². The van der Waals surface area contributed by atoms with Crippen LogP contribution in [-0.2, 0) is 0 Å². The predicted octanol–water partition coefficient (Wildman–Crippen LogP) is 13.4. The summed E-state index contributed by atoms with van der Waals surface area (Å²) >= 11 is 0. The summed E-state index contributed by atoms with van der Waals surface area (Å²) < 4.78 is 4.57. The van der Waals surface area contributed by atoms with Crippen molar-refractivity contribution in [2.45, 2.75) is 6.92 Å². The van der Waals surface area contributed by atoms with Crippen LogP contribution < -0.4 is 0 Å². The van der Waals surface area contributed by atoms with Gasteiger partial charge in [0.1, 0.15) is 5.84 Å². The molecule has 266 valence electrons. The molecule has 0 saturated heterocycles. The molecule has 0 N–H and O–H groups in total. The average molecular weight is 729 g/mol. The number of hydrogen-bond donors (Lipinski definition) is 0. The summed E-state index contributed by atoms with van der Waals surface area (Å²) in [7, 11) is 0. The van der Waals surface area contributed by atoms with Gasteiger partial charge in [0.2, 0.25) is 0 Å². The molecule has 0 aliphatic rings. The van der Waals surface area contributed by atoms with Crippen molar-refractivity contribution in [3.8, 4) is 5.82 Å². The molecule has 0 atom stereocenters. The van der Waals surface area contributed by atoms with E-state index in [-0.39, 0.29) is 0 Å². The second kappa shape index (κ2) is 11.9. The first kappa shape index (κ1) is 31.6. The van der Waals surface area contributed by atoms with Crippen molar-refractivity contribution in [2.24, 2.45) is 9.98 Å². The Bertz CT molecular complexity index is 3700. The number of benzene rings is 9. The van der Waals surface area contributed by atoms with Gasteiger partial charge in [-0.2, -0.15) is 0 Å². The highest BCUT2D eigenvalue weighted by Crippen LogP contribution is 2.45. The molecule has 57 heavy (non-hydrogen) atoms. The third-order valence-corrected chi connectivity index (χ3v) is 11.7. The van der Waals surface area contributed by atoms with E-state index in [0.29, 0.717) is 0 Å². The Morgan fingerprint density at radius 2 is 0.912 bits per heavy atom. The Labute approximate surface area is 326 Å². The normalized spacial score (nSPS) is 12.5. The molecule has 0 fully saturated rings. The topological polar surface area (TPSA) is 60.4 Å². The molecule has 12 aromatic rings. The van der Waals surface area contributed by atoms with E-state index in [9.17, 15) is 0 Å². The van der Waals surface area contributed by atoms with Gasteiger partial charge in [0, 0.05) is 43.1 Å². The molecule has 0 bridgehead atoms. The molecule has 0 aliphatic heterocycles. The van der Waals surface area contributed by atoms with E-state index >= 15 is 0 Å². The van der Waals surface area contributed by atoms with Crippen LogP contribution in [0.4, 0.5) is 11.4 Å². The Hall–Kier alpha value is -7.70. The fraction of sp³-hybridized carbons (Fsp3) is 0.0196. The van der Waals surface area contributed by atoms with Gasteiger partial charge < -0.3 is 0 Å². The van der Waals surface area contributed by atoms with Crippen molar-refractivity contribution >= 4 is 122 Å². The lowest BCUT2D eigenvalue weighted by Crippen LogP contribution is -2.06. The quantitative estimate of drug-likeness (QED) is 0.103. The number of rotatable bonds is 3. The van der Waals surface area contributed by atoms with Crippen LogP contribution in [0.5, 0.6) is 0 Å². The zero-order valence-corrected chi connectivity index (χ0v) is 31.0. The fourth-order valence-corrected chi connectivity index (χ4v) is 9.34. The second-order valence-electron chi connectivity index (χ2n) is 14.7. The van der Waals surface area contributed by atoms with Crippen LogP contribution in [-0.4, -0.2) is 31.7 Å². The van der Waals surface area contributed by atoms with Crippen molar-refractivity contribution in [3.63, 3.8) is 0 Å². The lowest BCUT2D eigenvalue weighted by Gasteiger charge is -2.14. The van der Waals surface area contributed by atoms with Gasteiger partial charge in [-0.3, -0.25) is 19.1 Å². The molecule has 6 heteroatoms. The minimum Gasteiger partial charge on any atom is -0.297 e. The van der Waals surface area contributed by atoms with E-state index < -0.39 is 0 Å². The van der Waals surface area contributed by atoms with Crippen molar-refractivity contribution in [2.75, 3.05) is 0 Å². The largest absolute Gasteiger partial charge is 0.297 e. The van der Waals surface area contributed by atoms with Crippen molar-refractivity contribution in [1.82, 2.24) is 19.1 Å². The zero-order valence-electron chi connectivity index (χ0n) is 31.0. The summed E-state index contributed by atoms with van der Waals surface area (Å²) in [6.45, 7) is 6.11. The van der Waals surface area contributed by atoms with E-state index in [2.05, 4.69) is 185 Å². The van der Waals surface area contributed by atoms with E-state index in [0.717, 1.165) is 110 Å². The highest BCUT2D eigenvalue weighted by molar-refractivity contribution is 6.25. The highest BCUT2D eigenvalue weighted by Gasteiger charge is 2.21. The maximum Gasteiger partial charge on any atom is 0.156 e. The molecular formula is C51H32N6. The van der Waals surface area contributed by atoms with Crippen LogP contribution in [0.1, 0.15) is 6.92 Å². The average Bonchev–Trinajstić information content (AvgIpc) is 3.77. The minimum atomic E-state index is 0.780. The van der Waals surface area contributed by atoms with Crippen LogP contribution >= 0.6 is 0 Å². The maximum atomic E-state index is 5.44. The summed E-state index contributed by atoms with van der Waals surface area (Å²) in [5.41, 5.74) is 7.70. The number of hydrogen-bond acceptors (Lipinski definition) is 4. The fourth-order valence-electron chi connectivity index (χ4n) is 9.34. The van der Waals surface area contributed by atoms with Crippen LogP contribution in [0.15, 0.2) is 174 Å². The molecular weight excluding hydrogens is 697 g/mol. The van der Waals surface area contributed by atoms with Gasteiger partial charge in [-0.25, -0.2) is 9.98 Å². The Kier molecular flexibility index (Phi) is 6.60. The smallest absolute Gasteiger partial charge is 0.156 e.